The molecule has 2 aromatic rings. The molecule has 0 radical (unpaired) electrons. The zero-order valence-electron chi connectivity index (χ0n) is 11.3. The first-order valence-corrected chi connectivity index (χ1v) is 6.33. The fourth-order valence-corrected chi connectivity index (χ4v) is 1.72. The van der Waals surface area contributed by atoms with Crippen LogP contribution in [0.3, 0.4) is 0 Å². The van der Waals surface area contributed by atoms with E-state index in [9.17, 15) is 4.79 Å². The van der Waals surface area contributed by atoms with Gasteiger partial charge in [-0.1, -0.05) is 17.9 Å². The van der Waals surface area contributed by atoms with E-state index in [0.29, 0.717) is 23.4 Å². The highest BCUT2D eigenvalue weighted by Gasteiger charge is 2.06. The lowest BCUT2D eigenvalue weighted by molar-refractivity contribution is 0.102. The van der Waals surface area contributed by atoms with E-state index in [-0.39, 0.29) is 5.91 Å². The summed E-state index contributed by atoms with van der Waals surface area (Å²) in [6.45, 7) is 0.313. The molecule has 0 saturated heterocycles. The van der Waals surface area contributed by atoms with E-state index in [4.69, 9.17) is 11.0 Å². The molecule has 0 bridgehead atoms. The number of nitriles is 1. The van der Waals surface area contributed by atoms with Crippen LogP contribution in [0.15, 0.2) is 48.5 Å². The third-order valence-electron chi connectivity index (χ3n) is 2.73. The third-order valence-corrected chi connectivity index (χ3v) is 2.73. The van der Waals surface area contributed by atoms with Crippen molar-refractivity contribution in [2.24, 2.45) is 5.73 Å². The van der Waals surface area contributed by atoms with E-state index in [0.717, 1.165) is 5.56 Å². The Morgan fingerprint density at radius 1 is 1.14 bits per heavy atom. The van der Waals surface area contributed by atoms with Gasteiger partial charge in [-0.15, -0.1) is 0 Å². The van der Waals surface area contributed by atoms with E-state index in [1.54, 1.807) is 36.4 Å². The maximum Gasteiger partial charge on any atom is 0.255 e. The van der Waals surface area contributed by atoms with Crippen molar-refractivity contribution < 1.29 is 4.79 Å². The SMILES string of the molecule is N#Cc1cccc(C(=O)Nc2ccc(C#CCN)cc2)c1. The molecule has 0 aliphatic rings. The standard InChI is InChI=1S/C17H13N3O/c18-10-2-4-13-6-8-16(9-7-13)20-17(21)15-5-1-3-14(11-15)12-19/h1,3,5-9,11H,10,18H2,(H,20,21). The van der Waals surface area contributed by atoms with Gasteiger partial charge in [0, 0.05) is 16.8 Å². The molecular formula is C17H13N3O. The fraction of sp³-hybridized carbons (Fsp3) is 0.0588. The van der Waals surface area contributed by atoms with Crippen LogP contribution in [0.4, 0.5) is 5.69 Å². The average Bonchev–Trinajstić information content (AvgIpc) is 2.54. The zero-order valence-corrected chi connectivity index (χ0v) is 11.3. The van der Waals surface area contributed by atoms with Gasteiger partial charge in [-0.2, -0.15) is 5.26 Å². The van der Waals surface area contributed by atoms with Crippen molar-refractivity contribution >= 4 is 11.6 Å². The van der Waals surface area contributed by atoms with Gasteiger partial charge < -0.3 is 11.1 Å². The summed E-state index contributed by atoms with van der Waals surface area (Å²) in [7, 11) is 0. The molecule has 0 fully saturated rings. The molecule has 0 aliphatic carbocycles. The lowest BCUT2D eigenvalue weighted by atomic mass is 10.1. The number of carbonyl (C=O) groups is 1. The highest BCUT2D eigenvalue weighted by molar-refractivity contribution is 6.04. The molecule has 0 aromatic heterocycles. The zero-order chi connectivity index (χ0) is 15.1. The Bertz CT molecular complexity index is 746. The molecule has 1 amide bonds. The molecule has 0 aliphatic heterocycles. The molecular weight excluding hydrogens is 262 g/mol. The van der Waals surface area contributed by atoms with Gasteiger partial charge in [-0.05, 0) is 42.5 Å². The molecule has 0 saturated carbocycles. The van der Waals surface area contributed by atoms with Crippen molar-refractivity contribution in [3.8, 4) is 17.9 Å². The van der Waals surface area contributed by atoms with E-state index in [1.165, 1.54) is 0 Å². The quantitative estimate of drug-likeness (QED) is 0.824. The third kappa shape index (κ3) is 3.94. The lowest BCUT2D eigenvalue weighted by Crippen LogP contribution is -2.11. The van der Waals surface area contributed by atoms with Gasteiger partial charge in [0.05, 0.1) is 18.2 Å². The van der Waals surface area contributed by atoms with Crippen LogP contribution in [0, 0.1) is 23.2 Å². The Balaban J connectivity index is 2.10. The van der Waals surface area contributed by atoms with Gasteiger partial charge in [0.2, 0.25) is 0 Å². The van der Waals surface area contributed by atoms with E-state index < -0.39 is 0 Å². The number of hydrogen-bond acceptors (Lipinski definition) is 3. The maximum atomic E-state index is 12.1. The number of nitrogens with one attached hydrogen (secondary N) is 1. The van der Waals surface area contributed by atoms with E-state index in [1.807, 2.05) is 18.2 Å². The molecule has 0 unspecified atom stereocenters. The Labute approximate surface area is 123 Å². The second kappa shape index (κ2) is 6.91. The molecule has 2 aromatic carbocycles. The minimum Gasteiger partial charge on any atom is -0.322 e. The van der Waals surface area contributed by atoms with Gasteiger partial charge >= 0.3 is 0 Å². The Hall–Kier alpha value is -3.08. The smallest absolute Gasteiger partial charge is 0.255 e. The van der Waals surface area contributed by atoms with Crippen molar-refractivity contribution in [1.29, 1.82) is 5.26 Å². The van der Waals surface area contributed by atoms with Crippen LogP contribution in [-0.4, -0.2) is 12.5 Å². The topological polar surface area (TPSA) is 78.9 Å². The molecule has 102 valence electrons. The van der Waals surface area contributed by atoms with Crippen LogP contribution >= 0.6 is 0 Å². The van der Waals surface area contributed by atoms with Crippen LogP contribution < -0.4 is 11.1 Å². The van der Waals surface area contributed by atoms with Crippen LogP contribution in [0.1, 0.15) is 21.5 Å². The highest BCUT2D eigenvalue weighted by atomic mass is 16.1. The van der Waals surface area contributed by atoms with Crippen molar-refractivity contribution in [2.45, 2.75) is 0 Å². The Kier molecular flexibility index (Phi) is 4.71. The molecule has 4 nitrogen and oxygen atoms in total. The summed E-state index contributed by atoms with van der Waals surface area (Å²) in [6.07, 6.45) is 0. The van der Waals surface area contributed by atoms with Crippen molar-refractivity contribution in [3.63, 3.8) is 0 Å². The molecule has 2 rings (SSSR count). The van der Waals surface area contributed by atoms with Crippen LogP contribution in [0.2, 0.25) is 0 Å². The summed E-state index contributed by atoms with van der Waals surface area (Å²) in [4.78, 5) is 12.1. The predicted molar refractivity (Wildman–Crippen MR) is 81.5 cm³/mol. The largest absolute Gasteiger partial charge is 0.322 e. The summed E-state index contributed by atoms with van der Waals surface area (Å²) in [6, 6.07) is 15.7. The van der Waals surface area contributed by atoms with Crippen LogP contribution in [-0.2, 0) is 0 Å². The minimum atomic E-state index is -0.257. The second-order valence-corrected chi connectivity index (χ2v) is 4.23. The lowest BCUT2D eigenvalue weighted by Gasteiger charge is -2.05. The fourth-order valence-electron chi connectivity index (χ4n) is 1.72. The van der Waals surface area contributed by atoms with E-state index >= 15 is 0 Å². The minimum absolute atomic E-state index is 0.257. The summed E-state index contributed by atoms with van der Waals surface area (Å²) in [5.74, 6) is 5.41. The highest BCUT2D eigenvalue weighted by Crippen LogP contribution is 2.12. The molecule has 0 atom stereocenters. The van der Waals surface area contributed by atoms with Crippen LogP contribution in [0.25, 0.3) is 0 Å². The first kappa shape index (κ1) is 14.3. The first-order valence-electron chi connectivity index (χ1n) is 6.33. The molecule has 21 heavy (non-hydrogen) atoms. The maximum absolute atomic E-state index is 12.1. The molecule has 3 N–H and O–H groups in total. The molecule has 0 spiro atoms. The monoisotopic (exact) mass is 275 g/mol. The molecule has 0 heterocycles. The predicted octanol–water partition coefficient (Wildman–Crippen LogP) is 2.12. The van der Waals surface area contributed by atoms with Crippen molar-refractivity contribution in [1.82, 2.24) is 0 Å². The van der Waals surface area contributed by atoms with Gasteiger partial charge in [0.25, 0.3) is 5.91 Å². The number of hydrogen-bond donors (Lipinski definition) is 2. The Morgan fingerprint density at radius 2 is 1.90 bits per heavy atom. The summed E-state index contributed by atoms with van der Waals surface area (Å²) in [5, 5.41) is 11.6. The number of nitrogens with zero attached hydrogens (tertiary/aromatic N) is 1. The normalized spacial score (nSPS) is 9.14. The van der Waals surface area contributed by atoms with Gasteiger partial charge in [-0.25, -0.2) is 0 Å². The number of anilines is 1. The summed E-state index contributed by atoms with van der Waals surface area (Å²) in [5.41, 5.74) is 7.71. The number of benzene rings is 2. The summed E-state index contributed by atoms with van der Waals surface area (Å²) >= 11 is 0. The van der Waals surface area contributed by atoms with Gasteiger partial charge in [0.1, 0.15) is 0 Å². The number of amides is 1. The van der Waals surface area contributed by atoms with Gasteiger partial charge in [0.15, 0.2) is 0 Å². The number of rotatable bonds is 2. The first-order chi connectivity index (χ1) is 10.2. The number of carbonyl (C=O) groups excluding carboxylic acids is 1. The Morgan fingerprint density at radius 3 is 2.57 bits per heavy atom. The molecule has 4 heteroatoms. The summed E-state index contributed by atoms with van der Waals surface area (Å²) < 4.78 is 0. The van der Waals surface area contributed by atoms with E-state index in [2.05, 4.69) is 17.2 Å². The van der Waals surface area contributed by atoms with Gasteiger partial charge in [-0.3, -0.25) is 4.79 Å². The number of nitrogens with two attached hydrogens (primary N) is 1. The average molecular weight is 275 g/mol. The second-order valence-electron chi connectivity index (χ2n) is 4.23. The van der Waals surface area contributed by atoms with Crippen molar-refractivity contribution in [2.75, 3.05) is 11.9 Å². The van der Waals surface area contributed by atoms with Crippen LogP contribution in [0.5, 0.6) is 0 Å². The van der Waals surface area contributed by atoms with Crippen molar-refractivity contribution in [3.05, 3.63) is 65.2 Å².